The molecular formula is C14H32N2. The van der Waals surface area contributed by atoms with Gasteiger partial charge in [-0.2, -0.15) is 0 Å². The minimum absolute atomic E-state index is 1.18. The molecule has 0 fully saturated rings. The van der Waals surface area contributed by atoms with Crippen LogP contribution in [0.4, 0.5) is 0 Å². The lowest BCUT2D eigenvalue weighted by molar-refractivity contribution is 0.552. The lowest BCUT2D eigenvalue weighted by Gasteiger charge is -2.05. The Bertz CT molecular complexity index is 101. The van der Waals surface area contributed by atoms with E-state index in [9.17, 15) is 0 Å². The summed E-state index contributed by atoms with van der Waals surface area (Å²) < 4.78 is 0. The normalized spacial score (nSPS) is 10.9. The van der Waals surface area contributed by atoms with Crippen LogP contribution in [0.1, 0.15) is 65.2 Å². The van der Waals surface area contributed by atoms with E-state index in [0.29, 0.717) is 0 Å². The van der Waals surface area contributed by atoms with Gasteiger partial charge in [0.1, 0.15) is 0 Å². The average molecular weight is 228 g/mol. The summed E-state index contributed by atoms with van der Waals surface area (Å²) in [5.41, 5.74) is 0. The Balaban J connectivity index is 2.83. The summed E-state index contributed by atoms with van der Waals surface area (Å²) in [7, 11) is 0. The van der Waals surface area contributed by atoms with E-state index < -0.39 is 0 Å². The topological polar surface area (TPSA) is 24.1 Å². The number of nitrogens with one attached hydrogen (secondary N) is 2. The van der Waals surface area contributed by atoms with Crippen LogP contribution in [0.3, 0.4) is 0 Å². The summed E-state index contributed by atoms with van der Waals surface area (Å²) in [6.45, 7) is 9.28. The van der Waals surface area contributed by atoms with Gasteiger partial charge in [0.15, 0.2) is 0 Å². The van der Waals surface area contributed by atoms with Crippen molar-refractivity contribution in [2.75, 3.05) is 26.2 Å². The van der Waals surface area contributed by atoms with Crippen molar-refractivity contribution in [1.29, 1.82) is 0 Å². The first-order valence-corrected chi connectivity index (χ1v) is 7.33. The van der Waals surface area contributed by atoms with Crippen molar-refractivity contribution in [3.05, 3.63) is 0 Å². The third-order valence-electron chi connectivity index (χ3n) is 2.84. The highest BCUT2D eigenvalue weighted by atomic mass is 14.8. The second-order valence-electron chi connectivity index (χ2n) is 4.62. The van der Waals surface area contributed by atoms with Crippen molar-refractivity contribution in [3.8, 4) is 0 Å². The van der Waals surface area contributed by atoms with Crippen molar-refractivity contribution < 1.29 is 0 Å². The lowest BCUT2D eigenvalue weighted by atomic mass is 10.2. The van der Waals surface area contributed by atoms with Gasteiger partial charge in [-0.15, -0.1) is 0 Å². The fourth-order valence-corrected chi connectivity index (χ4v) is 1.78. The molecule has 0 saturated carbocycles. The van der Waals surface area contributed by atoms with E-state index in [1.165, 1.54) is 77.5 Å². The van der Waals surface area contributed by atoms with E-state index in [0.717, 1.165) is 0 Å². The fourth-order valence-electron chi connectivity index (χ4n) is 1.78. The lowest BCUT2D eigenvalue weighted by Crippen LogP contribution is -2.18. The third kappa shape index (κ3) is 13.9. The highest BCUT2D eigenvalue weighted by Gasteiger charge is 1.91. The van der Waals surface area contributed by atoms with Crippen LogP contribution in [0.15, 0.2) is 0 Å². The summed E-state index contributed by atoms with van der Waals surface area (Å²) >= 11 is 0. The van der Waals surface area contributed by atoms with Gasteiger partial charge in [-0.3, -0.25) is 0 Å². The molecule has 0 aliphatic heterocycles. The third-order valence-corrected chi connectivity index (χ3v) is 2.84. The molecule has 16 heavy (non-hydrogen) atoms. The van der Waals surface area contributed by atoms with Gasteiger partial charge >= 0.3 is 0 Å². The Hall–Kier alpha value is -0.0800. The van der Waals surface area contributed by atoms with Crippen LogP contribution in [0.5, 0.6) is 0 Å². The number of hydrogen-bond donors (Lipinski definition) is 2. The monoisotopic (exact) mass is 228 g/mol. The highest BCUT2D eigenvalue weighted by Crippen LogP contribution is 1.97. The molecule has 0 unspecified atom stereocenters. The SMILES string of the molecule is CCCCCCNCCCCCNCCC. The minimum atomic E-state index is 1.18. The molecule has 0 heterocycles. The summed E-state index contributed by atoms with van der Waals surface area (Å²) in [6, 6.07) is 0. The smallest absolute Gasteiger partial charge is 0.00489 e. The van der Waals surface area contributed by atoms with Crippen LogP contribution in [0.25, 0.3) is 0 Å². The van der Waals surface area contributed by atoms with Gasteiger partial charge in [0.05, 0.1) is 0 Å². The minimum Gasteiger partial charge on any atom is -0.317 e. The first-order valence-electron chi connectivity index (χ1n) is 7.33. The van der Waals surface area contributed by atoms with E-state index in [1.54, 1.807) is 0 Å². The molecule has 2 N–H and O–H groups in total. The Morgan fingerprint density at radius 3 is 1.50 bits per heavy atom. The van der Waals surface area contributed by atoms with Gasteiger partial charge in [-0.05, 0) is 51.9 Å². The largest absolute Gasteiger partial charge is 0.317 e. The Morgan fingerprint density at radius 2 is 1.00 bits per heavy atom. The van der Waals surface area contributed by atoms with Gasteiger partial charge in [0.2, 0.25) is 0 Å². The van der Waals surface area contributed by atoms with Gasteiger partial charge in [0, 0.05) is 0 Å². The highest BCUT2D eigenvalue weighted by molar-refractivity contribution is 4.52. The zero-order chi connectivity index (χ0) is 11.9. The molecule has 0 rings (SSSR count). The maximum absolute atomic E-state index is 3.53. The van der Waals surface area contributed by atoms with E-state index >= 15 is 0 Å². The first kappa shape index (κ1) is 15.9. The predicted octanol–water partition coefficient (Wildman–Crippen LogP) is 3.33. The molecule has 0 aliphatic carbocycles. The van der Waals surface area contributed by atoms with E-state index in [1.807, 2.05) is 0 Å². The summed E-state index contributed by atoms with van der Waals surface area (Å²) in [5.74, 6) is 0. The quantitative estimate of drug-likeness (QED) is 0.473. The van der Waals surface area contributed by atoms with Crippen LogP contribution < -0.4 is 10.6 Å². The number of hydrogen-bond acceptors (Lipinski definition) is 2. The van der Waals surface area contributed by atoms with Crippen molar-refractivity contribution in [2.24, 2.45) is 0 Å². The van der Waals surface area contributed by atoms with E-state index in [2.05, 4.69) is 24.5 Å². The molecule has 0 saturated heterocycles. The standard InChI is InChI=1S/C14H32N2/c1-3-5-6-8-13-16-14-10-7-9-12-15-11-4-2/h15-16H,3-14H2,1-2H3. The van der Waals surface area contributed by atoms with Gasteiger partial charge in [-0.1, -0.05) is 39.5 Å². The summed E-state index contributed by atoms with van der Waals surface area (Å²) in [4.78, 5) is 0. The second-order valence-corrected chi connectivity index (χ2v) is 4.62. The second kappa shape index (κ2) is 14.9. The Morgan fingerprint density at radius 1 is 0.500 bits per heavy atom. The molecule has 0 aromatic heterocycles. The van der Waals surface area contributed by atoms with Crippen LogP contribution in [-0.2, 0) is 0 Å². The molecular weight excluding hydrogens is 196 g/mol. The van der Waals surface area contributed by atoms with E-state index in [4.69, 9.17) is 0 Å². The van der Waals surface area contributed by atoms with Gasteiger partial charge in [0.25, 0.3) is 0 Å². The molecule has 98 valence electrons. The zero-order valence-electron chi connectivity index (χ0n) is 11.5. The molecule has 0 amide bonds. The predicted molar refractivity (Wildman–Crippen MR) is 74.0 cm³/mol. The fraction of sp³-hybridized carbons (Fsp3) is 1.00. The molecule has 2 nitrogen and oxygen atoms in total. The van der Waals surface area contributed by atoms with Crippen molar-refractivity contribution in [3.63, 3.8) is 0 Å². The van der Waals surface area contributed by atoms with Crippen LogP contribution in [0, 0.1) is 0 Å². The van der Waals surface area contributed by atoms with Gasteiger partial charge < -0.3 is 10.6 Å². The first-order chi connectivity index (χ1) is 7.91. The average Bonchev–Trinajstić information content (AvgIpc) is 2.31. The molecule has 0 atom stereocenters. The molecule has 0 spiro atoms. The number of rotatable bonds is 13. The Kier molecular flexibility index (Phi) is 14.8. The van der Waals surface area contributed by atoms with Crippen LogP contribution in [0.2, 0.25) is 0 Å². The molecule has 0 aliphatic rings. The molecule has 0 aromatic rings. The van der Waals surface area contributed by atoms with Crippen molar-refractivity contribution >= 4 is 0 Å². The molecule has 0 radical (unpaired) electrons. The molecule has 0 bridgehead atoms. The van der Waals surface area contributed by atoms with Crippen LogP contribution >= 0.6 is 0 Å². The molecule has 0 aromatic carbocycles. The van der Waals surface area contributed by atoms with Gasteiger partial charge in [-0.25, -0.2) is 0 Å². The number of unbranched alkanes of at least 4 members (excludes halogenated alkanes) is 5. The maximum Gasteiger partial charge on any atom is -0.00489 e. The zero-order valence-corrected chi connectivity index (χ0v) is 11.5. The summed E-state index contributed by atoms with van der Waals surface area (Å²) in [5, 5.41) is 6.97. The maximum atomic E-state index is 3.53. The van der Waals surface area contributed by atoms with Crippen LogP contribution in [-0.4, -0.2) is 26.2 Å². The van der Waals surface area contributed by atoms with E-state index in [-0.39, 0.29) is 0 Å². The molecule has 2 heteroatoms. The summed E-state index contributed by atoms with van der Waals surface area (Å²) in [6.07, 6.45) is 10.8. The van der Waals surface area contributed by atoms with Crippen molar-refractivity contribution in [1.82, 2.24) is 10.6 Å². The van der Waals surface area contributed by atoms with Crippen molar-refractivity contribution in [2.45, 2.75) is 65.2 Å². The Labute approximate surface area is 103 Å².